The van der Waals surface area contributed by atoms with Crippen LogP contribution >= 0.6 is 0 Å². The highest BCUT2D eigenvalue weighted by atomic mass is 28.1. The molecule has 0 bridgehead atoms. The van der Waals surface area contributed by atoms with Gasteiger partial charge in [0.05, 0.1) is 0 Å². The molecule has 0 fully saturated rings. The van der Waals surface area contributed by atoms with E-state index in [0.29, 0.717) is 0 Å². The van der Waals surface area contributed by atoms with Crippen molar-refractivity contribution < 1.29 is 0 Å². The molecule has 0 saturated carbocycles. The molecule has 1 nitrogen and oxygen atoms in total. The van der Waals surface area contributed by atoms with Crippen LogP contribution in [0.3, 0.4) is 0 Å². The van der Waals surface area contributed by atoms with Crippen LogP contribution in [0, 0.1) is 0 Å². The molecule has 0 amide bonds. The van der Waals surface area contributed by atoms with Gasteiger partial charge >= 0.3 is 0 Å². The lowest BCUT2D eigenvalue weighted by molar-refractivity contribution is 1.06. The van der Waals surface area contributed by atoms with E-state index in [9.17, 15) is 0 Å². The number of hydrogen-bond donors (Lipinski definition) is 1. The third-order valence-electron chi connectivity index (χ3n) is 0.348. The predicted octanol–water partition coefficient (Wildman–Crippen LogP) is -0.958. The summed E-state index contributed by atoms with van der Waals surface area (Å²) in [5.41, 5.74) is 0. The molecule has 0 aliphatic carbocycles. The molecule has 0 spiro atoms. The van der Waals surface area contributed by atoms with Gasteiger partial charge in [-0.3, -0.25) is 0 Å². The van der Waals surface area contributed by atoms with Crippen molar-refractivity contribution in [2.45, 2.75) is 0 Å². The SMILES string of the molecule is C=CNC[SiH3]. The molecule has 1 N–H and O–H groups in total. The first-order valence-electron chi connectivity index (χ1n) is 1.76. The first kappa shape index (κ1) is 4.76. The Hall–Kier alpha value is -0.243. The van der Waals surface area contributed by atoms with Gasteiger partial charge in [0, 0.05) is 10.2 Å². The minimum Gasteiger partial charge on any atom is -0.395 e. The van der Waals surface area contributed by atoms with Gasteiger partial charge in [0.25, 0.3) is 0 Å². The predicted molar refractivity (Wildman–Crippen MR) is 28.1 cm³/mol. The minimum atomic E-state index is 1.11. The minimum absolute atomic E-state index is 1.11. The van der Waals surface area contributed by atoms with E-state index < -0.39 is 0 Å². The van der Waals surface area contributed by atoms with Crippen LogP contribution in [0.4, 0.5) is 0 Å². The largest absolute Gasteiger partial charge is 0.395 e. The smallest absolute Gasteiger partial charge is 0.0268 e. The Bertz CT molecular complexity index is 28.1. The van der Waals surface area contributed by atoms with Crippen LogP contribution in [0.1, 0.15) is 0 Å². The van der Waals surface area contributed by atoms with Gasteiger partial charge in [-0.1, -0.05) is 6.58 Å². The Labute approximate surface area is 35.5 Å². The molecule has 0 saturated heterocycles. The van der Waals surface area contributed by atoms with E-state index in [-0.39, 0.29) is 0 Å². The van der Waals surface area contributed by atoms with Gasteiger partial charge < -0.3 is 5.32 Å². The van der Waals surface area contributed by atoms with Crippen molar-refractivity contribution in [3.05, 3.63) is 12.8 Å². The van der Waals surface area contributed by atoms with Crippen LogP contribution < -0.4 is 5.32 Å². The van der Waals surface area contributed by atoms with E-state index in [1.165, 1.54) is 10.2 Å². The lowest BCUT2D eigenvalue weighted by Gasteiger charge is -1.83. The van der Waals surface area contributed by atoms with Gasteiger partial charge in [-0.2, -0.15) is 0 Å². The number of nitrogens with one attached hydrogen (secondary N) is 1. The van der Waals surface area contributed by atoms with E-state index in [2.05, 4.69) is 11.9 Å². The average molecular weight is 87.2 g/mol. The second-order valence-corrected chi connectivity index (χ2v) is 1.47. The highest BCUT2D eigenvalue weighted by Crippen LogP contribution is 1.41. The first-order chi connectivity index (χ1) is 2.41. The molecule has 0 atom stereocenters. The first-order valence-corrected chi connectivity index (χ1v) is 3.17. The monoisotopic (exact) mass is 87.1 g/mol. The Balaban J connectivity index is 2.40. The van der Waals surface area contributed by atoms with E-state index in [0.717, 1.165) is 6.17 Å². The fraction of sp³-hybridized carbons (Fsp3) is 0.333. The average Bonchev–Trinajstić information content (AvgIpc) is 1.41. The summed E-state index contributed by atoms with van der Waals surface area (Å²) in [6.45, 7) is 3.46. The zero-order valence-electron chi connectivity index (χ0n) is 3.49. The summed E-state index contributed by atoms with van der Waals surface area (Å²) in [4.78, 5) is 0. The molecule has 0 aromatic heterocycles. The maximum atomic E-state index is 3.46. The lowest BCUT2D eigenvalue weighted by atomic mass is 11.0. The molecular formula is C3H9NSi. The lowest BCUT2D eigenvalue weighted by Crippen LogP contribution is -2.03. The molecule has 0 heterocycles. The second-order valence-electron chi connectivity index (χ2n) is 0.762. The van der Waals surface area contributed by atoms with Gasteiger partial charge in [0.15, 0.2) is 0 Å². The Morgan fingerprint density at radius 2 is 2.60 bits per heavy atom. The maximum absolute atomic E-state index is 3.46. The highest BCUT2D eigenvalue weighted by Gasteiger charge is 1.54. The molecule has 0 unspecified atom stereocenters. The van der Waals surface area contributed by atoms with E-state index >= 15 is 0 Å². The van der Waals surface area contributed by atoms with Crippen LogP contribution in [0.15, 0.2) is 12.8 Å². The van der Waals surface area contributed by atoms with Crippen molar-refractivity contribution in [1.29, 1.82) is 0 Å². The van der Waals surface area contributed by atoms with Crippen LogP contribution in [0.2, 0.25) is 0 Å². The number of hydrogen-bond acceptors (Lipinski definition) is 1. The molecule has 0 aliphatic heterocycles. The zero-order valence-corrected chi connectivity index (χ0v) is 5.49. The number of rotatable bonds is 2. The Morgan fingerprint density at radius 1 is 2.00 bits per heavy atom. The van der Waals surface area contributed by atoms with Gasteiger partial charge in [0.1, 0.15) is 0 Å². The molecule has 0 aliphatic rings. The molecule has 2 heteroatoms. The van der Waals surface area contributed by atoms with Crippen LogP contribution in [0.25, 0.3) is 0 Å². The molecular weight excluding hydrogens is 78.1 g/mol. The van der Waals surface area contributed by atoms with Crippen molar-refractivity contribution in [2.24, 2.45) is 0 Å². The standard InChI is InChI=1S/C3H9NSi/c1-2-4-3-5/h2,4H,1,3H2,5H3. The van der Waals surface area contributed by atoms with Crippen molar-refractivity contribution >= 4 is 10.2 Å². The van der Waals surface area contributed by atoms with Gasteiger partial charge in [-0.15, -0.1) is 0 Å². The summed E-state index contributed by atoms with van der Waals surface area (Å²) >= 11 is 0. The molecule has 0 aromatic rings. The summed E-state index contributed by atoms with van der Waals surface area (Å²) in [6.07, 6.45) is 2.83. The summed E-state index contributed by atoms with van der Waals surface area (Å²) < 4.78 is 0. The van der Waals surface area contributed by atoms with Gasteiger partial charge in [-0.05, 0) is 12.4 Å². The fourth-order valence-electron chi connectivity index (χ4n) is 0.144. The summed E-state index contributed by atoms with van der Waals surface area (Å²) in [6, 6.07) is 0. The van der Waals surface area contributed by atoms with Crippen molar-refractivity contribution in [1.82, 2.24) is 5.32 Å². The van der Waals surface area contributed by atoms with Gasteiger partial charge in [0.2, 0.25) is 0 Å². The molecule has 0 aromatic carbocycles. The third-order valence-corrected chi connectivity index (χ3v) is 0.757. The summed E-state index contributed by atoms with van der Waals surface area (Å²) in [7, 11) is 1.22. The topological polar surface area (TPSA) is 12.0 Å². The summed E-state index contributed by atoms with van der Waals surface area (Å²) in [5, 5.41) is 2.94. The third kappa shape index (κ3) is 3.76. The van der Waals surface area contributed by atoms with Crippen molar-refractivity contribution in [3.8, 4) is 0 Å². The fourth-order valence-corrected chi connectivity index (χ4v) is 0.433. The quantitative estimate of drug-likeness (QED) is 0.428. The van der Waals surface area contributed by atoms with E-state index in [4.69, 9.17) is 0 Å². The van der Waals surface area contributed by atoms with E-state index in [1.54, 1.807) is 6.20 Å². The molecule has 0 rings (SSSR count). The maximum Gasteiger partial charge on any atom is 0.0268 e. The van der Waals surface area contributed by atoms with Gasteiger partial charge in [-0.25, -0.2) is 0 Å². The van der Waals surface area contributed by atoms with Crippen LogP contribution in [-0.2, 0) is 0 Å². The molecule has 30 valence electrons. The summed E-state index contributed by atoms with van der Waals surface area (Å²) in [5.74, 6) is 0. The Kier molecular flexibility index (Phi) is 3.57. The molecule has 5 heavy (non-hydrogen) atoms. The van der Waals surface area contributed by atoms with Crippen LogP contribution in [-0.4, -0.2) is 16.4 Å². The normalized spacial score (nSPS) is 7.20. The highest BCUT2D eigenvalue weighted by molar-refractivity contribution is 6.08. The van der Waals surface area contributed by atoms with E-state index in [1.807, 2.05) is 0 Å². The zero-order chi connectivity index (χ0) is 4.12. The molecule has 0 radical (unpaired) electrons. The van der Waals surface area contributed by atoms with Crippen molar-refractivity contribution in [2.75, 3.05) is 6.17 Å². The van der Waals surface area contributed by atoms with Crippen molar-refractivity contribution in [3.63, 3.8) is 0 Å². The second kappa shape index (κ2) is 3.76. The van der Waals surface area contributed by atoms with Crippen LogP contribution in [0.5, 0.6) is 0 Å². The Morgan fingerprint density at radius 3 is 2.60 bits per heavy atom.